The zero-order valence-electron chi connectivity index (χ0n) is 18.3. The van der Waals surface area contributed by atoms with Crippen molar-refractivity contribution in [1.29, 1.82) is 0 Å². The molecule has 0 fully saturated rings. The topological polar surface area (TPSA) is 70.1 Å². The van der Waals surface area contributed by atoms with Crippen molar-refractivity contribution in [2.75, 3.05) is 34.8 Å². The van der Waals surface area contributed by atoms with Gasteiger partial charge in [-0.1, -0.05) is 12.1 Å². The molecule has 0 spiro atoms. The maximum Gasteiger partial charge on any atom is 0.241 e. The first-order valence-electron chi connectivity index (χ1n) is 10.3. The third kappa shape index (κ3) is 5.95. The van der Waals surface area contributed by atoms with Crippen molar-refractivity contribution in [3.8, 4) is 5.75 Å². The van der Waals surface area contributed by atoms with E-state index in [1.54, 1.807) is 37.4 Å². The Hall–Kier alpha value is -2.61. The quantitative estimate of drug-likeness (QED) is 0.541. The van der Waals surface area contributed by atoms with E-state index in [1.807, 2.05) is 36.2 Å². The number of nitrogens with zero attached hydrogens (tertiary/aromatic N) is 4. The molecule has 1 heterocycles. The first-order valence-corrected chi connectivity index (χ1v) is 11.1. The summed E-state index contributed by atoms with van der Waals surface area (Å²) in [4.78, 5) is 26.7. The van der Waals surface area contributed by atoms with E-state index in [-0.39, 0.29) is 12.5 Å². The summed E-state index contributed by atoms with van der Waals surface area (Å²) >= 11 is 1.80. The Bertz CT molecular complexity index is 853. The molecule has 1 aliphatic carbocycles. The lowest BCUT2D eigenvalue weighted by Crippen LogP contribution is -2.43. The number of guanidine groups is 1. The number of ether oxygens (including phenoxy) is 1. The van der Waals surface area contributed by atoms with Gasteiger partial charge in [0.1, 0.15) is 10.8 Å². The van der Waals surface area contributed by atoms with E-state index in [1.165, 1.54) is 23.4 Å². The number of hydrogen-bond donors (Lipinski definition) is 1. The van der Waals surface area contributed by atoms with E-state index < -0.39 is 0 Å². The number of nitrogens with one attached hydrogen (secondary N) is 1. The summed E-state index contributed by atoms with van der Waals surface area (Å²) < 4.78 is 5.22. The van der Waals surface area contributed by atoms with Gasteiger partial charge in [0.15, 0.2) is 5.96 Å². The van der Waals surface area contributed by atoms with Gasteiger partial charge >= 0.3 is 0 Å². The predicted molar refractivity (Wildman–Crippen MR) is 121 cm³/mol. The van der Waals surface area contributed by atoms with Gasteiger partial charge in [0, 0.05) is 26.0 Å². The molecule has 7 nitrogen and oxygen atoms in total. The second-order valence-electron chi connectivity index (χ2n) is 7.67. The van der Waals surface area contributed by atoms with Crippen LogP contribution in [0.2, 0.25) is 0 Å². The third-order valence-corrected chi connectivity index (χ3v) is 6.23. The Morgan fingerprint density at radius 1 is 1.20 bits per heavy atom. The maximum atomic E-state index is 12.1. The minimum atomic E-state index is 0.00487. The fourth-order valence-corrected chi connectivity index (χ4v) is 4.48. The minimum absolute atomic E-state index is 0.00487. The molecule has 1 aromatic heterocycles. The molecular formula is C22H31N5O2S. The molecule has 0 bridgehead atoms. The van der Waals surface area contributed by atoms with Crippen LogP contribution in [0.25, 0.3) is 0 Å². The number of methoxy groups -OCH3 is 1. The Morgan fingerprint density at radius 3 is 2.60 bits per heavy atom. The molecule has 1 aliphatic rings. The zero-order valence-corrected chi connectivity index (χ0v) is 19.1. The lowest BCUT2D eigenvalue weighted by atomic mass is 10.0. The van der Waals surface area contributed by atoms with Crippen molar-refractivity contribution in [2.24, 2.45) is 4.99 Å². The summed E-state index contributed by atoms with van der Waals surface area (Å²) in [5, 5.41) is 4.31. The molecule has 2 aromatic rings. The highest BCUT2D eigenvalue weighted by atomic mass is 32.1. The molecule has 3 rings (SSSR count). The molecule has 8 heteroatoms. The number of hydrogen-bond acceptors (Lipinski definition) is 5. The molecule has 1 aromatic carbocycles. The van der Waals surface area contributed by atoms with Crippen LogP contribution in [0.5, 0.6) is 5.75 Å². The molecule has 0 saturated heterocycles. The standard InChI is InChI=1S/C22H31N5O2S/c1-26(2)21(28)14-24-22(23-13-16-9-11-17(29-4)12-10-16)27(3)15-20-25-18-7-5-6-8-19(18)30-20/h9-12H,5-8,13-15H2,1-4H3,(H,23,24). The van der Waals surface area contributed by atoms with Crippen molar-refractivity contribution >= 4 is 23.2 Å². The number of aliphatic imine (C=N–C) groups is 1. The Balaban J connectivity index is 1.71. The summed E-state index contributed by atoms with van der Waals surface area (Å²) in [6, 6.07) is 7.86. The van der Waals surface area contributed by atoms with E-state index in [0.29, 0.717) is 19.0 Å². The number of carbonyl (C=O) groups excluding carboxylic acids is 1. The molecule has 1 N–H and O–H groups in total. The van der Waals surface area contributed by atoms with Gasteiger partial charge in [0.25, 0.3) is 0 Å². The van der Waals surface area contributed by atoms with Gasteiger partial charge in [-0.15, -0.1) is 11.3 Å². The van der Waals surface area contributed by atoms with Gasteiger partial charge in [-0.25, -0.2) is 9.98 Å². The first kappa shape index (κ1) is 22.1. The molecule has 1 amide bonds. The van der Waals surface area contributed by atoms with Crippen molar-refractivity contribution in [2.45, 2.75) is 38.8 Å². The Labute approximate surface area is 182 Å². The van der Waals surface area contributed by atoms with Crippen LogP contribution in [0.3, 0.4) is 0 Å². The average Bonchev–Trinajstić information content (AvgIpc) is 3.16. The van der Waals surface area contributed by atoms with Gasteiger partial charge in [0.05, 0.1) is 32.4 Å². The molecule has 30 heavy (non-hydrogen) atoms. The van der Waals surface area contributed by atoms with Gasteiger partial charge in [-0.2, -0.15) is 0 Å². The second-order valence-corrected chi connectivity index (χ2v) is 8.84. The second kappa shape index (κ2) is 10.4. The molecule has 0 unspecified atom stereocenters. The van der Waals surface area contributed by atoms with Gasteiger partial charge in [0.2, 0.25) is 5.91 Å². The Kier molecular flexibility index (Phi) is 7.68. The van der Waals surface area contributed by atoms with E-state index in [4.69, 9.17) is 14.7 Å². The zero-order chi connectivity index (χ0) is 21.5. The summed E-state index contributed by atoms with van der Waals surface area (Å²) in [6.07, 6.45) is 4.72. The summed E-state index contributed by atoms with van der Waals surface area (Å²) in [6.45, 7) is 1.39. The molecular weight excluding hydrogens is 398 g/mol. The van der Waals surface area contributed by atoms with Crippen molar-refractivity contribution in [3.05, 3.63) is 45.4 Å². The lowest BCUT2D eigenvalue weighted by Gasteiger charge is -2.22. The lowest BCUT2D eigenvalue weighted by molar-refractivity contribution is -0.127. The average molecular weight is 430 g/mol. The summed E-state index contributed by atoms with van der Waals surface area (Å²) in [5.74, 6) is 1.52. The largest absolute Gasteiger partial charge is 0.497 e. The number of amides is 1. The predicted octanol–water partition coefficient (Wildman–Crippen LogP) is 2.70. The van der Waals surface area contributed by atoms with E-state index in [0.717, 1.165) is 29.2 Å². The van der Waals surface area contributed by atoms with Gasteiger partial charge < -0.3 is 19.9 Å². The summed E-state index contributed by atoms with van der Waals surface area (Å²) in [7, 11) is 7.15. The van der Waals surface area contributed by atoms with Gasteiger partial charge in [-0.05, 0) is 43.4 Å². The normalized spacial score (nSPS) is 13.5. The van der Waals surface area contributed by atoms with Crippen molar-refractivity contribution < 1.29 is 9.53 Å². The van der Waals surface area contributed by atoms with Crippen LogP contribution in [-0.4, -0.2) is 61.4 Å². The number of fused-ring (bicyclic) bond motifs is 1. The molecule has 0 radical (unpaired) electrons. The SMILES string of the molecule is COc1ccc(CN=C(NCC(=O)N(C)C)N(C)Cc2nc3c(s2)CCCC3)cc1. The number of aryl methyl sites for hydroxylation is 2. The highest BCUT2D eigenvalue weighted by Crippen LogP contribution is 2.27. The van der Waals surface area contributed by atoms with Crippen LogP contribution < -0.4 is 10.1 Å². The van der Waals surface area contributed by atoms with E-state index >= 15 is 0 Å². The Morgan fingerprint density at radius 2 is 1.93 bits per heavy atom. The molecule has 0 atom stereocenters. The fourth-order valence-electron chi connectivity index (χ4n) is 3.27. The highest BCUT2D eigenvalue weighted by Gasteiger charge is 2.17. The third-order valence-electron chi connectivity index (χ3n) is 5.09. The van der Waals surface area contributed by atoms with Crippen molar-refractivity contribution in [3.63, 3.8) is 0 Å². The van der Waals surface area contributed by atoms with Crippen LogP contribution in [0.1, 0.15) is 34.0 Å². The number of likely N-dealkylation sites (N-methyl/N-ethyl adjacent to an activating group) is 1. The van der Waals surface area contributed by atoms with Crippen LogP contribution in [-0.2, 0) is 30.7 Å². The number of rotatable bonds is 7. The van der Waals surface area contributed by atoms with Crippen LogP contribution in [0.15, 0.2) is 29.3 Å². The smallest absolute Gasteiger partial charge is 0.241 e. The van der Waals surface area contributed by atoms with Crippen molar-refractivity contribution in [1.82, 2.24) is 20.1 Å². The molecule has 0 saturated carbocycles. The minimum Gasteiger partial charge on any atom is -0.497 e. The molecule has 0 aliphatic heterocycles. The maximum absolute atomic E-state index is 12.1. The monoisotopic (exact) mass is 429 g/mol. The summed E-state index contributed by atoms with van der Waals surface area (Å²) in [5.41, 5.74) is 2.34. The fraction of sp³-hybridized carbons (Fsp3) is 0.500. The highest BCUT2D eigenvalue weighted by molar-refractivity contribution is 7.11. The van der Waals surface area contributed by atoms with E-state index in [9.17, 15) is 4.79 Å². The number of aromatic nitrogens is 1. The number of benzene rings is 1. The van der Waals surface area contributed by atoms with E-state index in [2.05, 4.69) is 5.32 Å². The first-order chi connectivity index (χ1) is 14.5. The number of carbonyl (C=O) groups is 1. The van der Waals surface area contributed by atoms with Crippen LogP contribution in [0.4, 0.5) is 0 Å². The van der Waals surface area contributed by atoms with Gasteiger partial charge in [-0.3, -0.25) is 4.79 Å². The van der Waals surface area contributed by atoms with Crippen LogP contribution >= 0.6 is 11.3 Å². The number of thiazole rings is 1. The van der Waals surface area contributed by atoms with Crippen LogP contribution in [0, 0.1) is 0 Å². The molecule has 162 valence electrons.